The molecule has 2 aromatic rings. The van der Waals surface area contributed by atoms with Crippen LogP contribution in [-0.4, -0.2) is 71.9 Å². The number of fused-ring (bicyclic) bond motifs is 1. The van der Waals surface area contributed by atoms with Crippen LogP contribution in [0.4, 0.5) is 5.82 Å². The Morgan fingerprint density at radius 1 is 1.37 bits per heavy atom. The SMILES string of the molecule is CC(C)C[C@H](N)C(=O)O.N#Cc1cn([C@@H]2O[C@H](CO)[C@@H](O)[C@H]2O)c2ncnc(N)c12. The van der Waals surface area contributed by atoms with Crippen molar-refractivity contribution in [2.75, 3.05) is 12.3 Å². The number of carboxylic acid groups (broad SMARTS) is 1. The summed E-state index contributed by atoms with van der Waals surface area (Å²) in [6, 6.07) is 1.29. The average molecular weight is 422 g/mol. The van der Waals surface area contributed by atoms with E-state index >= 15 is 0 Å². The van der Waals surface area contributed by atoms with Gasteiger partial charge >= 0.3 is 5.97 Å². The van der Waals surface area contributed by atoms with Crippen LogP contribution < -0.4 is 11.5 Å². The predicted octanol–water partition coefficient (Wildman–Crippen LogP) is -1.06. The fraction of sp³-hybridized carbons (Fsp3) is 0.556. The summed E-state index contributed by atoms with van der Waals surface area (Å²) >= 11 is 0. The lowest BCUT2D eigenvalue weighted by Gasteiger charge is -2.17. The van der Waals surface area contributed by atoms with Crippen LogP contribution in [0.15, 0.2) is 12.5 Å². The van der Waals surface area contributed by atoms with Crippen molar-refractivity contribution >= 4 is 22.8 Å². The summed E-state index contributed by atoms with van der Waals surface area (Å²) in [6.45, 7) is 3.46. The van der Waals surface area contributed by atoms with E-state index < -0.39 is 43.2 Å². The molecular formula is C18H26N6O6. The summed E-state index contributed by atoms with van der Waals surface area (Å²) in [4.78, 5) is 18.0. The number of anilines is 1. The van der Waals surface area contributed by atoms with E-state index in [1.54, 1.807) is 0 Å². The number of hydrogen-bond donors (Lipinski definition) is 6. The smallest absolute Gasteiger partial charge is 0.320 e. The van der Waals surface area contributed by atoms with Gasteiger partial charge in [0, 0.05) is 6.20 Å². The summed E-state index contributed by atoms with van der Waals surface area (Å²) in [6.07, 6.45) is -1.17. The molecule has 12 heteroatoms. The zero-order valence-electron chi connectivity index (χ0n) is 16.6. The number of carbonyl (C=O) groups is 1. The monoisotopic (exact) mass is 422 g/mol. The summed E-state index contributed by atoms with van der Waals surface area (Å²) in [5, 5.41) is 46.8. The second-order valence-corrected chi connectivity index (χ2v) is 7.32. The topological polar surface area (TPSA) is 214 Å². The van der Waals surface area contributed by atoms with Crippen molar-refractivity contribution in [3.05, 3.63) is 18.1 Å². The van der Waals surface area contributed by atoms with Gasteiger partial charge in [0.05, 0.1) is 17.6 Å². The molecule has 8 N–H and O–H groups in total. The third-order valence-corrected chi connectivity index (χ3v) is 4.59. The van der Waals surface area contributed by atoms with Gasteiger partial charge in [0.1, 0.15) is 48.2 Å². The van der Waals surface area contributed by atoms with Gasteiger partial charge in [0.25, 0.3) is 0 Å². The van der Waals surface area contributed by atoms with Crippen LogP contribution in [0.1, 0.15) is 32.1 Å². The number of hydrogen-bond acceptors (Lipinski definition) is 10. The Morgan fingerprint density at radius 2 is 2.03 bits per heavy atom. The van der Waals surface area contributed by atoms with Crippen LogP contribution in [0, 0.1) is 17.2 Å². The molecule has 0 amide bonds. The molecule has 3 heterocycles. The molecule has 0 aliphatic carbocycles. The van der Waals surface area contributed by atoms with Crippen molar-refractivity contribution < 1.29 is 30.0 Å². The van der Waals surface area contributed by atoms with E-state index in [-0.39, 0.29) is 11.4 Å². The van der Waals surface area contributed by atoms with Crippen molar-refractivity contribution in [2.24, 2.45) is 11.7 Å². The first kappa shape index (κ1) is 23.5. The van der Waals surface area contributed by atoms with Gasteiger partial charge in [-0.1, -0.05) is 13.8 Å². The Hall–Kier alpha value is -2.82. The van der Waals surface area contributed by atoms with Crippen LogP contribution in [0.25, 0.3) is 11.0 Å². The van der Waals surface area contributed by atoms with E-state index in [9.17, 15) is 15.0 Å². The molecule has 1 aliphatic heterocycles. The first-order chi connectivity index (χ1) is 14.1. The highest BCUT2D eigenvalue weighted by Gasteiger charge is 2.44. The molecule has 0 spiro atoms. The Labute approximate surface area is 172 Å². The molecule has 0 radical (unpaired) electrons. The molecule has 0 aromatic carbocycles. The second kappa shape index (κ2) is 9.79. The van der Waals surface area contributed by atoms with E-state index in [1.807, 2.05) is 19.9 Å². The first-order valence-electron chi connectivity index (χ1n) is 9.24. The van der Waals surface area contributed by atoms with Gasteiger partial charge in [-0.25, -0.2) is 9.97 Å². The van der Waals surface area contributed by atoms with E-state index in [0.717, 1.165) is 0 Å². The normalized spacial score (nSPS) is 24.3. The number of rotatable bonds is 5. The van der Waals surface area contributed by atoms with Crippen LogP contribution in [0.3, 0.4) is 0 Å². The van der Waals surface area contributed by atoms with Crippen molar-refractivity contribution in [3.8, 4) is 6.07 Å². The van der Waals surface area contributed by atoms with E-state index in [2.05, 4.69) is 9.97 Å². The third kappa shape index (κ3) is 4.84. The zero-order chi connectivity index (χ0) is 22.6. The van der Waals surface area contributed by atoms with Gasteiger partial charge in [-0.15, -0.1) is 0 Å². The number of aliphatic hydroxyl groups is 3. The van der Waals surface area contributed by atoms with E-state index in [4.69, 9.17) is 31.7 Å². The zero-order valence-corrected chi connectivity index (χ0v) is 16.6. The largest absolute Gasteiger partial charge is 0.480 e. The Kier molecular flexibility index (Phi) is 7.65. The lowest BCUT2D eigenvalue weighted by molar-refractivity contribution is -0.138. The average Bonchev–Trinajstić information content (AvgIpc) is 3.20. The highest BCUT2D eigenvalue weighted by atomic mass is 16.6. The van der Waals surface area contributed by atoms with Crippen LogP contribution >= 0.6 is 0 Å². The Bertz CT molecular complexity index is 926. The van der Waals surface area contributed by atoms with Crippen molar-refractivity contribution in [1.82, 2.24) is 14.5 Å². The first-order valence-corrected chi connectivity index (χ1v) is 9.24. The summed E-state index contributed by atoms with van der Waals surface area (Å²) in [5.41, 5.74) is 11.5. The van der Waals surface area contributed by atoms with Crippen molar-refractivity contribution in [1.29, 1.82) is 5.26 Å². The highest BCUT2D eigenvalue weighted by molar-refractivity contribution is 5.92. The van der Waals surface area contributed by atoms with Crippen LogP contribution in [0.2, 0.25) is 0 Å². The Morgan fingerprint density at radius 3 is 2.50 bits per heavy atom. The van der Waals surface area contributed by atoms with Crippen LogP contribution in [0.5, 0.6) is 0 Å². The fourth-order valence-corrected chi connectivity index (χ4v) is 3.11. The quantitative estimate of drug-likeness (QED) is 0.341. The maximum Gasteiger partial charge on any atom is 0.320 e. The van der Waals surface area contributed by atoms with Crippen molar-refractivity contribution in [3.63, 3.8) is 0 Å². The lowest BCUT2D eigenvalue weighted by atomic mass is 10.1. The number of ether oxygens (including phenoxy) is 1. The minimum atomic E-state index is -1.26. The number of aliphatic hydroxyl groups excluding tert-OH is 3. The van der Waals surface area contributed by atoms with Gasteiger partial charge < -0.3 is 41.2 Å². The van der Waals surface area contributed by atoms with Gasteiger partial charge in [-0.2, -0.15) is 5.26 Å². The molecular weight excluding hydrogens is 396 g/mol. The molecule has 164 valence electrons. The van der Waals surface area contributed by atoms with Gasteiger partial charge in [0.15, 0.2) is 6.23 Å². The maximum atomic E-state index is 10.1. The predicted molar refractivity (Wildman–Crippen MR) is 105 cm³/mol. The molecule has 5 atom stereocenters. The molecule has 0 unspecified atom stereocenters. The standard InChI is InChI=1S/C12H13N5O4.C6H13NO2/c13-1-5-2-17(11-7(5)10(14)15-4-16-11)12-9(20)8(19)6(3-18)21-12;1-4(2)3-5(7)6(8)9/h2,4,6,8-9,12,18-20H,3H2,(H2,14,15,16);4-5H,3,7H2,1-2H3,(H,8,9)/t6-,8-,9-,12-;5-/m10/s1. The summed E-state index contributed by atoms with van der Waals surface area (Å²) in [7, 11) is 0. The fourth-order valence-electron chi connectivity index (χ4n) is 3.11. The number of aromatic nitrogens is 3. The highest BCUT2D eigenvalue weighted by Crippen LogP contribution is 2.34. The van der Waals surface area contributed by atoms with Gasteiger partial charge in [-0.3, -0.25) is 4.79 Å². The van der Waals surface area contributed by atoms with Gasteiger partial charge in [-0.05, 0) is 12.3 Å². The minimum Gasteiger partial charge on any atom is -0.480 e. The molecule has 12 nitrogen and oxygen atoms in total. The summed E-state index contributed by atoms with van der Waals surface area (Å²) < 4.78 is 6.84. The molecule has 3 rings (SSSR count). The number of nitrogens with zero attached hydrogens (tertiary/aromatic N) is 4. The van der Waals surface area contributed by atoms with E-state index in [1.165, 1.54) is 17.1 Å². The van der Waals surface area contributed by atoms with Crippen molar-refractivity contribution in [2.45, 2.75) is 50.8 Å². The second-order valence-electron chi connectivity index (χ2n) is 7.32. The minimum absolute atomic E-state index is 0.141. The molecule has 30 heavy (non-hydrogen) atoms. The lowest BCUT2D eigenvalue weighted by Crippen LogP contribution is -2.33. The number of nitriles is 1. The van der Waals surface area contributed by atoms with E-state index in [0.29, 0.717) is 23.4 Å². The number of carboxylic acids is 1. The molecule has 0 bridgehead atoms. The number of aliphatic carboxylic acids is 1. The number of nitrogens with two attached hydrogens (primary N) is 2. The van der Waals surface area contributed by atoms with Gasteiger partial charge in [0.2, 0.25) is 0 Å². The maximum absolute atomic E-state index is 10.1. The Balaban J connectivity index is 0.000000303. The molecule has 1 aliphatic rings. The molecule has 0 saturated carbocycles. The third-order valence-electron chi connectivity index (χ3n) is 4.59. The van der Waals surface area contributed by atoms with Crippen LogP contribution in [-0.2, 0) is 9.53 Å². The molecule has 1 saturated heterocycles. The summed E-state index contributed by atoms with van der Waals surface area (Å²) in [5.74, 6) is -0.415. The number of nitrogen functional groups attached to an aromatic ring is 1. The molecule has 1 fully saturated rings. The molecule has 2 aromatic heterocycles.